The molecule has 2 rings (SSSR count). The zero-order valence-electron chi connectivity index (χ0n) is 10.4. The molecular formula is C14H20N2O. The van der Waals surface area contributed by atoms with Gasteiger partial charge in [0.1, 0.15) is 5.76 Å². The van der Waals surface area contributed by atoms with Gasteiger partial charge in [0.2, 0.25) is 0 Å². The largest absolute Gasteiger partial charge is 0.496 e. The van der Waals surface area contributed by atoms with Crippen molar-refractivity contribution in [3.05, 3.63) is 41.9 Å². The van der Waals surface area contributed by atoms with Crippen molar-refractivity contribution >= 4 is 0 Å². The summed E-state index contributed by atoms with van der Waals surface area (Å²) in [6.45, 7) is 3.93. The van der Waals surface area contributed by atoms with Crippen LogP contribution in [0.2, 0.25) is 0 Å². The second-order valence-electron chi connectivity index (χ2n) is 4.21. The number of hydrogen-bond acceptors (Lipinski definition) is 3. The zero-order valence-corrected chi connectivity index (χ0v) is 10.4. The van der Waals surface area contributed by atoms with Gasteiger partial charge in [-0.05, 0) is 37.6 Å². The van der Waals surface area contributed by atoms with Gasteiger partial charge in [0.05, 0.1) is 12.6 Å². The molecule has 0 saturated heterocycles. The summed E-state index contributed by atoms with van der Waals surface area (Å²) in [4.78, 5) is 4.35. The van der Waals surface area contributed by atoms with Crippen LogP contribution in [0.15, 0.2) is 36.2 Å². The molecule has 1 atom stereocenters. The molecule has 0 spiro atoms. The first-order valence-electron chi connectivity index (χ1n) is 6.36. The third kappa shape index (κ3) is 3.56. The Morgan fingerprint density at radius 2 is 2.41 bits per heavy atom. The van der Waals surface area contributed by atoms with E-state index < -0.39 is 0 Å². The van der Waals surface area contributed by atoms with E-state index >= 15 is 0 Å². The van der Waals surface area contributed by atoms with Crippen LogP contribution in [0.3, 0.4) is 0 Å². The lowest BCUT2D eigenvalue weighted by atomic mass is 10.1. The van der Waals surface area contributed by atoms with Crippen molar-refractivity contribution in [2.24, 2.45) is 0 Å². The third-order valence-electron chi connectivity index (χ3n) is 2.94. The number of rotatable bonds is 6. The topological polar surface area (TPSA) is 34.2 Å². The normalized spacial score (nSPS) is 16.4. The number of hydrogen-bond donors (Lipinski definition) is 1. The zero-order chi connectivity index (χ0) is 11.9. The Hall–Kier alpha value is -1.35. The highest BCUT2D eigenvalue weighted by Crippen LogP contribution is 2.17. The van der Waals surface area contributed by atoms with Gasteiger partial charge in [-0.25, -0.2) is 0 Å². The lowest BCUT2D eigenvalue weighted by Crippen LogP contribution is -2.31. The molecule has 17 heavy (non-hydrogen) atoms. The number of nitrogens with zero attached hydrogens (tertiary/aromatic N) is 1. The summed E-state index contributed by atoms with van der Waals surface area (Å²) in [6.07, 6.45) is 7.12. The molecule has 0 aliphatic carbocycles. The van der Waals surface area contributed by atoms with E-state index in [9.17, 15) is 0 Å². The van der Waals surface area contributed by atoms with Gasteiger partial charge < -0.3 is 10.1 Å². The van der Waals surface area contributed by atoms with Gasteiger partial charge in [-0.2, -0.15) is 0 Å². The van der Waals surface area contributed by atoms with Crippen molar-refractivity contribution in [1.29, 1.82) is 0 Å². The van der Waals surface area contributed by atoms with E-state index in [0.717, 1.165) is 43.9 Å². The number of pyridine rings is 1. The van der Waals surface area contributed by atoms with Crippen LogP contribution >= 0.6 is 0 Å². The first-order valence-corrected chi connectivity index (χ1v) is 6.36. The monoisotopic (exact) mass is 232 g/mol. The summed E-state index contributed by atoms with van der Waals surface area (Å²) >= 11 is 0. The fourth-order valence-corrected chi connectivity index (χ4v) is 2.11. The van der Waals surface area contributed by atoms with Crippen molar-refractivity contribution in [1.82, 2.24) is 10.3 Å². The van der Waals surface area contributed by atoms with E-state index in [2.05, 4.69) is 29.4 Å². The Bertz CT molecular complexity index is 362. The molecule has 1 aromatic heterocycles. The number of likely N-dealkylation sites (N-methyl/N-ethyl adjacent to an activating group) is 1. The summed E-state index contributed by atoms with van der Waals surface area (Å²) in [5.41, 5.74) is 1.15. The maximum absolute atomic E-state index is 5.63. The van der Waals surface area contributed by atoms with Crippen LogP contribution in [0.1, 0.15) is 25.5 Å². The predicted octanol–water partition coefficient (Wildman–Crippen LogP) is 2.30. The minimum absolute atomic E-state index is 0.338. The van der Waals surface area contributed by atoms with Crippen LogP contribution in [0, 0.1) is 0 Å². The molecule has 3 heteroatoms. The summed E-state index contributed by atoms with van der Waals surface area (Å²) in [6, 6.07) is 6.40. The van der Waals surface area contributed by atoms with E-state index in [-0.39, 0.29) is 0 Å². The lowest BCUT2D eigenvalue weighted by Gasteiger charge is -2.18. The summed E-state index contributed by atoms with van der Waals surface area (Å²) in [7, 11) is 0. The molecule has 1 aromatic rings. The Balaban J connectivity index is 1.89. The quantitative estimate of drug-likeness (QED) is 0.817. The van der Waals surface area contributed by atoms with Gasteiger partial charge >= 0.3 is 0 Å². The van der Waals surface area contributed by atoms with E-state index in [1.807, 2.05) is 18.3 Å². The Kier molecular flexibility index (Phi) is 4.56. The summed E-state index contributed by atoms with van der Waals surface area (Å²) in [5.74, 6) is 1.11. The second-order valence-corrected chi connectivity index (χ2v) is 4.21. The van der Waals surface area contributed by atoms with Crippen molar-refractivity contribution < 1.29 is 4.74 Å². The molecule has 1 N–H and O–H groups in total. The molecule has 0 saturated carbocycles. The average molecular weight is 232 g/mol. The predicted molar refractivity (Wildman–Crippen MR) is 68.7 cm³/mol. The van der Waals surface area contributed by atoms with Gasteiger partial charge in [-0.3, -0.25) is 4.98 Å². The van der Waals surface area contributed by atoms with Crippen LogP contribution < -0.4 is 5.32 Å². The van der Waals surface area contributed by atoms with E-state index in [1.54, 1.807) is 0 Å². The van der Waals surface area contributed by atoms with Crippen LogP contribution in [-0.4, -0.2) is 24.2 Å². The Morgan fingerprint density at radius 3 is 3.06 bits per heavy atom. The molecule has 92 valence electrons. The number of aromatic nitrogens is 1. The van der Waals surface area contributed by atoms with Gasteiger partial charge in [0.25, 0.3) is 0 Å². The highest BCUT2D eigenvalue weighted by Gasteiger charge is 2.17. The highest BCUT2D eigenvalue weighted by molar-refractivity contribution is 5.09. The molecule has 1 unspecified atom stereocenters. The fraction of sp³-hybridized carbons (Fsp3) is 0.500. The van der Waals surface area contributed by atoms with Gasteiger partial charge in [-0.1, -0.05) is 13.0 Å². The standard InChI is InChI=1S/C14H20N2O/c1-2-15-13(14-7-5-11-17-14)9-8-12-6-3-4-10-16-12/h3-4,6-7,10,13,15H,2,5,8-9,11H2,1H3. The maximum Gasteiger partial charge on any atom is 0.109 e. The number of aryl methyl sites for hydroxylation is 1. The van der Waals surface area contributed by atoms with Crippen LogP contribution in [0.5, 0.6) is 0 Å². The molecule has 1 aliphatic rings. The Labute approximate surface area is 103 Å². The molecule has 2 heterocycles. The lowest BCUT2D eigenvalue weighted by molar-refractivity contribution is 0.212. The second kappa shape index (κ2) is 6.40. The summed E-state index contributed by atoms with van der Waals surface area (Å²) < 4.78 is 5.63. The van der Waals surface area contributed by atoms with Crippen LogP contribution in [-0.2, 0) is 11.2 Å². The molecule has 0 amide bonds. The van der Waals surface area contributed by atoms with Gasteiger partial charge in [0.15, 0.2) is 0 Å². The molecule has 3 nitrogen and oxygen atoms in total. The number of ether oxygens (including phenoxy) is 1. The van der Waals surface area contributed by atoms with Gasteiger partial charge in [0, 0.05) is 18.3 Å². The Morgan fingerprint density at radius 1 is 1.47 bits per heavy atom. The SMILES string of the molecule is CCNC(CCc1ccccn1)C1=CCCO1. The fourth-order valence-electron chi connectivity index (χ4n) is 2.11. The molecule has 0 bridgehead atoms. The van der Waals surface area contributed by atoms with Crippen molar-refractivity contribution in [2.45, 2.75) is 32.2 Å². The molecule has 0 fully saturated rings. The smallest absolute Gasteiger partial charge is 0.109 e. The van der Waals surface area contributed by atoms with Crippen LogP contribution in [0.4, 0.5) is 0 Å². The molecular weight excluding hydrogens is 212 g/mol. The minimum atomic E-state index is 0.338. The maximum atomic E-state index is 5.63. The molecule has 1 aliphatic heterocycles. The highest BCUT2D eigenvalue weighted by atomic mass is 16.5. The average Bonchev–Trinajstić information content (AvgIpc) is 2.89. The van der Waals surface area contributed by atoms with Crippen molar-refractivity contribution in [3.8, 4) is 0 Å². The number of nitrogens with one attached hydrogen (secondary N) is 1. The third-order valence-corrected chi connectivity index (χ3v) is 2.94. The van der Waals surface area contributed by atoms with Crippen molar-refractivity contribution in [3.63, 3.8) is 0 Å². The summed E-state index contributed by atoms with van der Waals surface area (Å²) in [5, 5.41) is 3.47. The van der Waals surface area contributed by atoms with E-state index in [1.165, 1.54) is 0 Å². The molecule has 0 radical (unpaired) electrons. The van der Waals surface area contributed by atoms with E-state index in [0.29, 0.717) is 6.04 Å². The molecule has 0 aromatic carbocycles. The van der Waals surface area contributed by atoms with Gasteiger partial charge in [-0.15, -0.1) is 0 Å². The van der Waals surface area contributed by atoms with E-state index in [4.69, 9.17) is 4.74 Å². The minimum Gasteiger partial charge on any atom is -0.496 e. The van der Waals surface area contributed by atoms with Crippen molar-refractivity contribution in [2.75, 3.05) is 13.2 Å². The van der Waals surface area contributed by atoms with Crippen LogP contribution in [0.25, 0.3) is 0 Å². The first kappa shape index (κ1) is 12.1. The first-order chi connectivity index (χ1) is 8.40.